The minimum Gasteiger partial charge on any atom is -0.360 e. The fourth-order valence-corrected chi connectivity index (χ4v) is 2.47. The molecule has 0 N–H and O–H groups in total. The maximum absolute atomic E-state index is 12.8. The summed E-state index contributed by atoms with van der Waals surface area (Å²) in [6, 6.07) is 5.84. The zero-order valence-corrected chi connectivity index (χ0v) is 13.5. The van der Waals surface area contributed by atoms with Crippen LogP contribution in [0.2, 0.25) is 0 Å². The Kier molecular flexibility index (Phi) is 5.69. The van der Waals surface area contributed by atoms with E-state index in [1.165, 1.54) is 0 Å². The van der Waals surface area contributed by atoms with Crippen molar-refractivity contribution in [3.8, 4) is 0 Å². The first-order valence-electron chi connectivity index (χ1n) is 7.81. The highest BCUT2D eigenvalue weighted by atomic mass is 16.5. The number of hydrogen-bond acceptors (Lipinski definition) is 4. The molecule has 0 unspecified atom stereocenters. The highest BCUT2D eigenvalue weighted by molar-refractivity contribution is 5.96. The van der Waals surface area contributed by atoms with Crippen LogP contribution in [0, 0.1) is 6.92 Å². The zero-order valence-electron chi connectivity index (χ0n) is 13.5. The van der Waals surface area contributed by atoms with Crippen LogP contribution in [-0.2, 0) is 12.8 Å². The lowest BCUT2D eigenvalue weighted by Gasteiger charge is -2.22. The summed E-state index contributed by atoms with van der Waals surface area (Å²) in [5.41, 5.74) is 2.28. The van der Waals surface area contributed by atoms with Gasteiger partial charge >= 0.3 is 0 Å². The van der Waals surface area contributed by atoms with Crippen molar-refractivity contribution in [3.63, 3.8) is 0 Å². The van der Waals surface area contributed by atoms with Crippen molar-refractivity contribution in [2.45, 2.75) is 40.0 Å². The van der Waals surface area contributed by atoms with Crippen LogP contribution in [0.4, 0.5) is 0 Å². The number of nitrogens with zero attached hydrogens (tertiary/aromatic N) is 3. The summed E-state index contributed by atoms with van der Waals surface area (Å²) >= 11 is 0. The lowest BCUT2D eigenvalue weighted by atomic mass is 10.1. The Labute approximate surface area is 131 Å². The molecule has 118 valence electrons. The zero-order chi connectivity index (χ0) is 15.9. The SMILES string of the molecule is CCCN(CCc1ccccn1)C(=O)c1c(C)noc1CC. The van der Waals surface area contributed by atoms with E-state index in [0.29, 0.717) is 30.0 Å². The number of aromatic nitrogens is 2. The first kappa shape index (κ1) is 16.2. The van der Waals surface area contributed by atoms with Crippen LogP contribution in [0.25, 0.3) is 0 Å². The molecule has 0 aromatic carbocycles. The largest absolute Gasteiger partial charge is 0.360 e. The normalized spacial score (nSPS) is 10.7. The Balaban J connectivity index is 2.13. The van der Waals surface area contributed by atoms with Crippen LogP contribution in [0.1, 0.15) is 47.8 Å². The maximum atomic E-state index is 12.8. The van der Waals surface area contributed by atoms with Crippen molar-refractivity contribution in [1.29, 1.82) is 0 Å². The van der Waals surface area contributed by atoms with Gasteiger partial charge < -0.3 is 9.42 Å². The van der Waals surface area contributed by atoms with Gasteiger partial charge in [0, 0.05) is 37.8 Å². The molecule has 0 bridgehead atoms. The summed E-state index contributed by atoms with van der Waals surface area (Å²) in [7, 11) is 0. The first-order valence-corrected chi connectivity index (χ1v) is 7.81. The summed E-state index contributed by atoms with van der Waals surface area (Å²) in [5, 5.41) is 3.93. The molecule has 0 aliphatic heterocycles. The van der Waals surface area contributed by atoms with Crippen molar-refractivity contribution in [1.82, 2.24) is 15.0 Å². The monoisotopic (exact) mass is 301 g/mol. The third kappa shape index (κ3) is 3.72. The number of pyridine rings is 1. The van der Waals surface area contributed by atoms with E-state index in [2.05, 4.69) is 17.1 Å². The van der Waals surface area contributed by atoms with Gasteiger partial charge in [-0.3, -0.25) is 9.78 Å². The Hall–Kier alpha value is -2.17. The van der Waals surface area contributed by atoms with Crippen molar-refractivity contribution in [3.05, 3.63) is 47.1 Å². The van der Waals surface area contributed by atoms with Crippen LogP contribution in [-0.4, -0.2) is 34.0 Å². The molecule has 5 nitrogen and oxygen atoms in total. The standard InChI is InChI=1S/C17H23N3O2/c1-4-11-20(12-9-14-8-6-7-10-18-14)17(21)16-13(3)19-22-15(16)5-2/h6-8,10H,4-5,9,11-12H2,1-3H3. The van der Waals surface area contributed by atoms with Crippen molar-refractivity contribution in [2.75, 3.05) is 13.1 Å². The summed E-state index contributed by atoms with van der Waals surface area (Å²) in [6.45, 7) is 7.23. The first-order chi connectivity index (χ1) is 10.7. The van der Waals surface area contributed by atoms with Gasteiger partial charge in [0.1, 0.15) is 11.3 Å². The number of carbonyl (C=O) groups is 1. The highest BCUT2D eigenvalue weighted by Gasteiger charge is 2.24. The third-order valence-electron chi connectivity index (χ3n) is 3.61. The Bertz CT molecular complexity index is 608. The molecule has 2 rings (SSSR count). The second-order valence-corrected chi connectivity index (χ2v) is 5.28. The molecule has 2 aromatic heterocycles. The Morgan fingerprint density at radius 1 is 1.27 bits per heavy atom. The van der Waals surface area contributed by atoms with Gasteiger partial charge in [-0.1, -0.05) is 25.1 Å². The van der Waals surface area contributed by atoms with Gasteiger partial charge in [0.25, 0.3) is 5.91 Å². The number of rotatable bonds is 7. The second kappa shape index (κ2) is 7.73. The Morgan fingerprint density at radius 2 is 2.09 bits per heavy atom. The number of hydrogen-bond donors (Lipinski definition) is 0. The molecule has 5 heteroatoms. The minimum atomic E-state index is 0.00776. The van der Waals surface area contributed by atoms with Gasteiger partial charge in [0.2, 0.25) is 0 Å². The third-order valence-corrected chi connectivity index (χ3v) is 3.61. The lowest BCUT2D eigenvalue weighted by molar-refractivity contribution is 0.0754. The molecule has 0 fully saturated rings. The molecule has 2 aromatic rings. The summed E-state index contributed by atoms with van der Waals surface area (Å²) < 4.78 is 5.25. The molecule has 0 spiro atoms. The molecular weight excluding hydrogens is 278 g/mol. The molecular formula is C17H23N3O2. The van der Waals surface area contributed by atoms with E-state index < -0.39 is 0 Å². The van der Waals surface area contributed by atoms with Gasteiger partial charge in [-0.2, -0.15) is 0 Å². The van der Waals surface area contributed by atoms with E-state index in [-0.39, 0.29) is 5.91 Å². The molecule has 0 atom stereocenters. The number of amides is 1. The molecule has 1 amide bonds. The summed E-state index contributed by atoms with van der Waals surface area (Å²) in [5.74, 6) is 0.676. The van der Waals surface area contributed by atoms with E-state index in [9.17, 15) is 4.79 Å². The molecule has 0 aliphatic carbocycles. The van der Waals surface area contributed by atoms with Gasteiger partial charge in [0.15, 0.2) is 0 Å². The van der Waals surface area contributed by atoms with Crippen molar-refractivity contribution >= 4 is 5.91 Å². The average molecular weight is 301 g/mol. The quantitative estimate of drug-likeness (QED) is 0.788. The van der Waals surface area contributed by atoms with E-state index in [4.69, 9.17) is 4.52 Å². The predicted molar refractivity (Wildman–Crippen MR) is 84.8 cm³/mol. The fourth-order valence-electron chi connectivity index (χ4n) is 2.47. The van der Waals surface area contributed by atoms with E-state index in [0.717, 1.165) is 25.1 Å². The van der Waals surface area contributed by atoms with Crippen LogP contribution in [0.3, 0.4) is 0 Å². The van der Waals surface area contributed by atoms with Crippen molar-refractivity contribution < 1.29 is 9.32 Å². The van der Waals surface area contributed by atoms with Crippen LogP contribution >= 0.6 is 0 Å². The summed E-state index contributed by atoms with van der Waals surface area (Å²) in [4.78, 5) is 19.0. The topological polar surface area (TPSA) is 59.2 Å². The lowest BCUT2D eigenvalue weighted by Crippen LogP contribution is -2.34. The smallest absolute Gasteiger partial charge is 0.259 e. The minimum absolute atomic E-state index is 0.00776. The van der Waals surface area contributed by atoms with E-state index in [1.807, 2.05) is 36.9 Å². The van der Waals surface area contributed by atoms with Gasteiger partial charge in [-0.25, -0.2) is 0 Å². The molecule has 2 heterocycles. The predicted octanol–water partition coefficient (Wildman–Crippen LogP) is 3.04. The number of carbonyl (C=O) groups excluding carboxylic acids is 1. The fraction of sp³-hybridized carbons (Fsp3) is 0.471. The van der Waals surface area contributed by atoms with E-state index >= 15 is 0 Å². The van der Waals surface area contributed by atoms with Crippen LogP contribution in [0.15, 0.2) is 28.9 Å². The van der Waals surface area contributed by atoms with Crippen LogP contribution in [0.5, 0.6) is 0 Å². The summed E-state index contributed by atoms with van der Waals surface area (Å²) in [6.07, 6.45) is 4.11. The van der Waals surface area contributed by atoms with Crippen LogP contribution < -0.4 is 0 Å². The molecule has 0 radical (unpaired) electrons. The molecule has 22 heavy (non-hydrogen) atoms. The average Bonchev–Trinajstić information content (AvgIpc) is 2.92. The molecule has 0 aliphatic rings. The van der Waals surface area contributed by atoms with Gasteiger partial charge in [-0.15, -0.1) is 0 Å². The van der Waals surface area contributed by atoms with Gasteiger partial charge in [-0.05, 0) is 25.5 Å². The second-order valence-electron chi connectivity index (χ2n) is 5.28. The van der Waals surface area contributed by atoms with E-state index in [1.54, 1.807) is 6.20 Å². The maximum Gasteiger partial charge on any atom is 0.259 e. The molecule has 0 saturated carbocycles. The van der Waals surface area contributed by atoms with Crippen molar-refractivity contribution in [2.24, 2.45) is 0 Å². The molecule has 0 saturated heterocycles. The van der Waals surface area contributed by atoms with Gasteiger partial charge in [0.05, 0.1) is 5.69 Å². The number of aryl methyl sites for hydroxylation is 2. The highest BCUT2D eigenvalue weighted by Crippen LogP contribution is 2.17. The Morgan fingerprint density at radius 3 is 2.73 bits per heavy atom.